The van der Waals surface area contributed by atoms with Crippen molar-refractivity contribution >= 4 is 28.4 Å². The maximum atomic E-state index is 13.9. The van der Waals surface area contributed by atoms with Crippen molar-refractivity contribution in [1.29, 1.82) is 0 Å². The van der Waals surface area contributed by atoms with Crippen LogP contribution in [-0.2, 0) is 6.54 Å². The van der Waals surface area contributed by atoms with E-state index >= 15 is 0 Å². The maximum absolute atomic E-state index is 13.9. The van der Waals surface area contributed by atoms with Crippen LogP contribution in [0, 0.1) is 12.7 Å². The van der Waals surface area contributed by atoms with E-state index in [4.69, 9.17) is 16.6 Å². The van der Waals surface area contributed by atoms with Crippen LogP contribution in [0.25, 0.3) is 22.2 Å². The van der Waals surface area contributed by atoms with Crippen molar-refractivity contribution in [3.8, 4) is 11.3 Å². The predicted molar refractivity (Wildman–Crippen MR) is 112 cm³/mol. The zero-order valence-electron chi connectivity index (χ0n) is 15.6. The van der Waals surface area contributed by atoms with Gasteiger partial charge in [-0.25, -0.2) is 9.37 Å². The highest BCUT2D eigenvalue weighted by Crippen LogP contribution is 2.30. The number of aromatic nitrogens is 2. The number of fused-ring (bicyclic) bond motifs is 1. The van der Waals surface area contributed by atoms with Crippen molar-refractivity contribution in [3.05, 3.63) is 94.5 Å². The fraction of sp³-hybridized carbons (Fsp3) is 0.0870. The minimum atomic E-state index is -0.354. The molecule has 0 fully saturated rings. The molecule has 29 heavy (non-hydrogen) atoms. The van der Waals surface area contributed by atoms with Gasteiger partial charge in [-0.15, -0.1) is 0 Å². The maximum Gasteiger partial charge on any atom is 0.252 e. The molecule has 0 bridgehead atoms. The molecule has 4 rings (SSSR count). The van der Waals surface area contributed by atoms with Crippen LogP contribution < -0.4 is 5.32 Å². The van der Waals surface area contributed by atoms with Crippen LogP contribution in [0.2, 0.25) is 5.02 Å². The number of carbonyl (C=O) groups excluding carboxylic acids is 1. The average Bonchev–Trinajstić information content (AvgIpc) is 2.75. The van der Waals surface area contributed by atoms with Crippen molar-refractivity contribution < 1.29 is 9.18 Å². The van der Waals surface area contributed by atoms with E-state index in [0.29, 0.717) is 32.7 Å². The summed E-state index contributed by atoms with van der Waals surface area (Å²) in [7, 11) is 0. The molecule has 2 aromatic carbocycles. The largest absolute Gasteiger partial charge is 0.348 e. The van der Waals surface area contributed by atoms with Gasteiger partial charge in [-0.3, -0.25) is 9.78 Å². The van der Waals surface area contributed by atoms with E-state index < -0.39 is 0 Å². The Morgan fingerprint density at radius 2 is 1.86 bits per heavy atom. The van der Waals surface area contributed by atoms with E-state index in [9.17, 15) is 9.18 Å². The van der Waals surface area contributed by atoms with E-state index in [1.807, 2.05) is 19.1 Å². The smallest absolute Gasteiger partial charge is 0.252 e. The summed E-state index contributed by atoms with van der Waals surface area (Å²) in [5.74, 6) is -0.662. The van der Waals surface area contributed by atoms with Crippen LogP contribution >= 0.6 is 11.6 Å². The molecule has 1 amide bonds. The molecule has 0 aliphatic carbocycles. The third-order valence-electron chi connectivity index (χ3n) is 4.79. The second-order valence-corrected chi connectivity index (χ2v) is 7.04. The second-order valence-electron chi connectivity index (χ2n) is 6.63. The molecular weight excluding hydrogens is 389 g/mol. The van der Waals surface area contributed by atoms with Crippen LogP contribution in [0.3, 0.4) is 0 Å². The molecule has 0 aliphatic heterocycles. The zero-order valence-corrected chi connectivity index (χ0v) is 16.4. The van der Waals surface area contributed by atoms with Crippen LogP contribution in [-0.4, -0.2) is 15.9 Å². The van der Waals surface area contributed by atoms with Gasteiger partial charge >= 0.3 is 0 Å². The van der Waals surface area contributed by atoms with Crippen molar-refractivity contribution in [2.45, 2.75) is 13.5 Å². The predicted octanol–water partition coefficient (Wildman–Crippen LogP) is 5.33. The lowest BCUT2D eigenvalue weighted by molar-refractivity contribution is 0.0952. The lowest BCUT2D eigenvalue weighted by Crippen LogP contribution is -2.24. The first kappa shape index (κ1) is 19.0. The van der Waals surface area contributed by atoms with E-state index in [0.717, 1.165) is 11.1 Å². The van der Waals surface area contributed by atoms with Gasteiger partial charge in [0.15, 0.2) is 0 Å². The number of nitrogens with one attached hydrogen (secondary N) is 1. The van der Waals surface area contributed by atoms with Crippen molar-refractivity contribution in [3.63, 3.8) is 0 Å². The van der Waals surface area contributed by atoms with Gasteiger partial charge in [0.05, 0.1) is 16.8 Å². The number of hydrogen-bond acceptors (Lipinski definition) is 3. The molecule has 0 spiro atoms. The Bertz CT molecular complexity index is 1210. The average molecular weight is 406 g/mol. The van der Waals surface area contributed by atoms with Crippen LogP contribution in [0.4, 0.5) is 4.39 Å². The van der Waals surface area contributed by atoms with Gasteiger partial charge in [-0.2, -0.15) is 0 Å². The topological polar surface area (TPSA) is 54.9 Å². The van der Waals surface area contributed by atoms with Crippen LogP contribution in [0.1, 0.15) is 21.5 Å². The number of benzene rings is 2. The summed E-state index contributed by atoms with van der Waals surface area (Å²) in [6, 6.07) is 15.3. The highest BCUT2D eigenvalue weighted by Gasteiger charge is 2.16. The molecule has 0 unspecified atom stereocenters. The van der Waals surface area contributed by atoms with Gasteiger partial charge in [0.1, 0.15) is 5.82 Å². The summed E-state index contributed by atoms with van der Waals surface area (Å²) >= 11 is 6.28. The number of halogens is 2. The van der Waals surface area contributed by atoms with Crippen molar-refractivity contribution in [2.24, 2.45) is 0 Å². The first-order valence-corrected chi connectivity index (χ1v) is 9.44. The van der Waals surface area contributed by atoms with Gasteiger partial charge < -0.3 is 5.32 Å². The molecule has 2 aromatic heterocycles. The number of carbonyl (C=O) groups is 1. The fourth-order valence-corrected chi connectivity index (χ4v) is 3.33. The highest BCUT2D eigenvalue weighted by molar-refractivity contribution is 6.32. The molecule has 6 heteroatoms. The van der Waals surface area contributed by atoms with E-state index in [1.54, 1.807) is 48.8 Å². The second kappa shape index (κ2) is 7.97. The summed E-state index contributed by atoms with van der Waals surface area (Å²) in [6.07, 6.45) is 3.34. The molecule has 0 aliphatic rings. The Balaban J connectivity index is 1.78. The van der Waals surface area contributed by atoms with Gasteiger partial charge in [0.25, 0.3) is 5.91 Å². The van der Waals surface area contributed by atoms with Crippen molar-refractivity contribution in [2.75, 3.05) is 0 Å². The summed E-state index contributed by atoms with van der Waals surface area (Å²) in [4.78, 5) is 21.8. The number of amides is 1. The van der Waals surface area contributed by atoms with Crippen LogP contribution in [0.15, 0.2) is 67.0 Å². The van der Waals surface area contributed by atoms with E-state index in [1.165, 1.54) is 6.07 Å². The van der Waals surface area contributed by atoms with Gasteiger partial charge in [-0.1, -0.05) is 35.9 Å². The number of pyridine rings is 2. The first-order valence-electron chi connectivity index (χ1n) is 9.06. The Morgan fingerprint density at radius 3 is 2.62 bits per heavy atom. The Kier molecular flexibility index (Phi) is 5.23. The van der Waals surface area contributed by atoms with E-state index in [-0.39, 0.29) is 18.3 Å². The molecule has 2 heterocycles. The normalized spacial score (nSPS) is 10.9. The minimum absolute atomic E-state index is 0.0898. The lowest BCUT2D eigenvalue weighted by atomic mass is 10.0. The molecule has 0 saturated heterocycles. The number of aryl methyl sites for hydroxylation is 1. The Hall–Kier alpha value is -3.31. The summed E-state index contributed by atoms with van der Waals surface area (Å²) in [5.41, 5.74) is 3.81. The summed E-state index contributed by atoms with van der Waals surface area (Å²) in [6.45, 7) is 1.96. The fourth-order valence-electron chi connectivity index (χ4n) is 3.18. The molecule has 144 valence electrons. The Morgan fingerprint density at radius 1 is 1.10 bits per heavy atom. The molecule has 0 atom stereocenters. The number of nitrogens with zero attached hydrogens (tertiary/aromatic N) is 2. The quantitative estimate of drug-likeness (QED) is 0.499. The number of hydrogen-bond donors (Lipinski definition) is 1. The van der Waals surface area contributed by atoms with Crippen LogP contribution in [0.5, 0.6) is 0 Å². The Labute approximate surface area is 172 Å². The summed E-state index contributed by atoms with van der Waals surface area (Å²) < 4.78 is 13.9. The highest BCUT2D eigenvalue weighted by atomic mass is 35.5. The number of rotatable bonds is 4. The van der Waals surface area contributed by atoms with E-state index in [2.05, 4.69) is 10.3 Å². The van der Waals surface area contributed by atoms with Gasteiger partial charge in [0.2, 0.25) is 0 Å². The molecule has 4 aromatic rings. The summed E-state index contributed by atoms with van der Waals surface area (Å²) in [5, 5.41) is 4.08. The monoisotopic (exact) mass is 405 g/mol. The molecule has 0 radical (unpaired) electrons. The molecule has 4 nitrogen and oxygen atoms in total. The third kappa shape index (κ3) is 3.82. The SMILES string of the molecule is Cc1c(Cl)ccc2c(C(=O)NCc3ccccc3F)cc(-c3ccncc3)nc12. The van der Waals surface area contributed by atoms with Crippen molar-refractivity contribution in [1.82, 2.24) is 15.3 Å². The minimum Gasteiger partial charge on any atom is -0.348 e. The molecular formula is C23H17ClFN3O. The standard InChI is InChI=1S/C23H17ClFN3O/c1-14-19(24)7-6-17-18(23(29)27-13-16-4-2-3-5-20(16)25)12-21(28-22(14)17)15-8-10-26-11-9-15/h2-12H,13H2,1H3,(H,27,29). The first-order chi connectivity index (χ1) is 14.0. The lowest BCUT2D eigenvalue weighted by Gasteiger charge is -2.13. The molecule has 0 saturated carbocycles. The third-order valence-corrected chi connectivity index (χ3v) is 5.20. The molecule has 1 N–H and O–H groups in total. The zero-order chi connectivity index (χ0) is 20.4. The van der Waals surface area contributed by atoms with Gasteiger partial charge in [0, 0.05) is 40.5 Å². The van der Waals surface area contributed by atoms with Gasteiger partial charge in [-0.05, 0) is 42.8 Å².